The third-order valence-electron chi connectivity index (χ3n) is 4.07. The maximum absolute atomic E-state index is 12.0. The molecule has 5 heteroatoms. The van der Waals surface area contributed by atoms with Gasteiger partial charge in [0.15, 0.2) is 0 Å². The molecule has 0 spiro atoms. The van der Waals surface area contributed by atoms with Crippen molar-refractivity contribution in [1.82, 2.24) is 10.2 Å². The standard InChI is InChI=1S/C13H22N2O3/c1-8(2)6-14-13(18)15-7-9-4-3-5-10(9)11(15)12(16)17/h8-11H,3-7H2,1-2H3,(H,14,18)(H,16,17). The molecule has 3 atom stereocenters. The van der Waals surface area contributed by atoms with Crippen LogP contribution in [-0.4, -0.2) is 41.1 Å². The van der Waals surface area contributed by atoms with Crippen molar-refractivity contribution < 1.29 is 14.7 Å². The number of hydrogen-bond donors (Lipinski definition) is 2. The van der Waals surface area contributed by atoms with Crippen molar-refractivity contribution in [3.05, 3.63) is 0 Å². The quantitative estimate of drug-likeness (QED) is 0.802. The van der Waals surface area contributed by atoms with Gasteiger partial charge in [-0.1, -0.05) is 20.3 Å². The molecule has 18 heavy (non-hydrogen) atoms. The normalized spacial score (nSPS) is 30.6. The maximum Gasteiger partial charge on any atom is 0.326 e. The highest BCUT2D eigenvalue weighted by atomic mass is 16.4. The van der Waals surface area contributed by atoms with Crippen LogP contribution in [0.25, 0.3) is 0 Å². The summed E-state index contributed by atoms with van der Waals surface area (Å²) in [6.45, 7) is 5.24. The molecule has 2 fully saturated rings. The van der Waals surface area contributed by atoms with Gasteiger partial charge in [-0.25, -0.2) is 9.59 Å². The van der Waals surface area contributed by atoms with Crippen molar-refractivity contribution in [3.63, 3.8) is 0 Å². The Bertz CT molecular complexity index is 343. The van der Waals surface area contributed by atoms with Gasteiger partial charge in [-0.15, -0.1) is 0 Å². The summed E-state index contributed by atoms with van der Waals surface area (Å²) in [7, 11) is 0. The van der Waals surface area contributed by atoms with Crippen molar-refractivity contribution in [1.29, 1.82) is 0 Å². The van der Waals surface area contributed by atoms with Crippen LogP contribution >= 0.6 is 0 Å². The zero-order valence-electron chi connectivity index (χ0n) is 11.1. The van der Waals surface area contributed by atoms with Crippen molar-refractivity contribution >= 4 is 12.0 Å². The van der Waals surface area contributed by atoms with Crippen LogP contribution in [0.15, 0.2) is 0 Å². The first kappa shape index (κ1) is 13.2. The number of aliphatic carboxylic acids is 1. The van der Waals surface area contributed by atoms with Gasteiger partial charge >= 0.3 is 12.0 Å². The van der Waals surface area contributed by atoms with Crippen LogP contribution in [0.2, 0.25) is 0 Å². The van der Waals surface area contributed by atoms with Crippen LogP contribution in [0.5, 0.6) is 0 Å². The zero-order chi connectivity index (χ0) is 13.3. The number of nitrogens with one attached hydrogen (secondary N) is 1. The monoisotopic (exact) mass is 254 g/mol. The summed E-state index contributed by atoms with van der Waals surface area (Å²) in [5, 5.41) is 12.2. The predicted octanol–water partition coefficient (Wildman–Crippen LogP) is 1.54. The highest BCUT2D eigenvalue weighted by molar-refractivity contribution is 5.83. The minimum atomic E-state index is -0.857. The third kappa shape index (κ3) is 2.44. The molecule has 1 saturated carbocycles. The smallest absolute Gasteiger partial charge is 0.326 e. The number of carboxylic acid groups (broad SMARTS) is 1. The molecule has 1 aliphatic carbocycles. The van der Waals surface area contributed by atoms with E-state index in [1.807, 2.05) is 13.8 Å². The molecule has 0 aromatic carbocycles. The summed E-state index contributed by atoms with van der Waals surface area (Å²) in [6.07, 6.45) is 3.10. The molecule has 0 bridgehead atoms. The molecule has 0 radical (unpaired) electrons. The second-order valence-corrected chi connectivity index (χ2v) is 5.87. The zero-order valence-corrected chi connectivity index (χ0v) is 11.1. The minimum absolute atomic E-state index is 0.160. The van der Waals surface area contributed by atoms with E-state index in [1.54, 1.807) is 0 Å². The van der Waals surface area contributed by atoms with E-state index in [-0.39, 0.29) is 11.9 Å². The summed E-state index contributed by atoms with van der Waals surface area (Å²) in [5.74, 6) is 0.0617. The van der Waals surface area contributed by atoms with Gasteiger partial charge in [0, 0.05) is 13.1 Å². The van der Waals surface area contributed by atoms with Crippen molar-refractivity contribution in [3.8, 4) is 0 Å². The van der Waals surface area contributed by atoms with Gasteiger partial charge in [0.2, 0.25) is 0 Å². The fourth-order valence-electron chi connectivity index (χ4n) is 3.22. The molecule has 2 rings (SSSR count). The molecule has 0 aromatic rings. The lowest BCUT2D eigenvalue weighted by Crippen LogP contribution is -2.48. The number of likely N-dealkylation sites (tertiary alicyclic amines) is 1. The molecule has 102 valence electrons. The van der Waals surface area contributed by atoms with Crippen LogP contribution in [0.3, 0.4) is 0 Å². The number of carbonyl (C=O) groups excluding carboxylic acids is 1. The lowest BCUT2D eigenvalue weighted by molar-refractivity contribution is -0.142. The maximum atomic E-state index is 12.0. The van der Waals surface area contributed by atoms with Crippen molar-refractivity contribution in [2.45, 2.75) is 39.2 Å². The molecule has 1 aliphatic heterocycles. The van der Waals surface area contributed by atoms with E-state index >= 15 is 0 Å². The van der Waals surface area contributed by atoms with Gasteiger partial charge < -0.3 is 15.3 Å². The Balaban J connectivity index is 2.03. The average Bonchev–Trinajstić information content (AvgIpc) is 2.83. The SMILES string of the molecule is CC(C)CNC(=O)N1CC2CCCC2C1C(=O)O. The van der Waals surface area contributed by atoms with Gasteiger partial charge in [0.1, 0.15) is 6.04 Å². The van der Waals surface area contributed by atoms with Crippen LogP contribution in [-0.2, 0) is 4.79 Å². The summed E-state index contributed by atoms with van der Waals surface area (Å²) in [6, 6.07) is -0.838. The first-order chi connectivity index (χ1) is 8.50. The largest absolute Gasteiger partial charge is 0.480 e. The average molecular weight is 254 g/mol. The number of hydrogen-bond acceptors (Lipinski definition) is 2. The highest BCUT2D eigenvalue weighted by Crippen LogP contribution is 2.42. The Kier molecular flexibility index (Phi) is 3.78. The Labute approximate surface area is 108 Å². The number of fused-ring (bicyclic) bond motifs is 1. The molecule has 1 saturated heterocycles. The van der Waals surface area contributed by atoms with E-state index in [0.29, 0.717) is 24.9 Å². The molecule has 2 amide bonds. The fraction of sp³-hybridized carbons (Fsp3) is 0.846. The molecular weight excluding hydrogens is 232 g/mol. The molecule has 5 nitrogen and oxygen atoms in total. The first-order valence-electron chi connectivity index (χ1n) is 6.78. The molecule has 1 heterocycles. The molecule has 2 N–H and O–H groups in total. The Morgan fingerprint density at radius 2 is 2.11 bits per heavy atom. The summed E-state index contributed by atoms with van der Waals surface area (Å²) in [4.78, 5) is 24.9. The fourth-order valence-corrected chi connectivity index (χ4v) is 3.22. The number of rotatable bonds is 3. The van der Waals surface area contributed by atoms with E-state index in [1.165, 1.54) is 4.90 Å². The summed E-state index contributed by atoms with van der Waals surface area (Å²) >= 11 is 0. The predicted molar refractivity (Wildman–Crippen MR) is 67.2 cm³/mol. The van der Waals surface area contributed by atoms with Gasteiger partial charge in [-0.3, -0.25) is 0 Å². The van der Waals surface area contributed by atoms with Gasteiger partial charge in [0.25, 0.3) is 0 Å². The highest BCUT2D eigenvalue weighted by Gasteiger charge is 2.49. The van der Waals surface area contributed by atoms with E-state index in [0.717, 1.165) is 19.3 Å². The second-order valence-electron chi connectivity index (χ2n) is 5.87. The lowest BCUT2D eigenvalue weighted by Gasteiger charge is -2.25. The van der Waals surface area contributed by atoms with Gasteiger partial charge in [-0.2, -0.15) is 0 Å². The van der Waals surface area contributed by atoms with Gasteiger partial charge in [-0.05, 0) is 30.6 Å². The van der Waals surface area contributed by atoms with E-state index in [2.05, 4.69) is 5.32 Å². The summed E-state index contributed by atoms with van der Waals surface area (Å²) in [5.41, 5.74) is 0. The van der Waals surface area contributed by atoms with Crippen LogP contribution in [0.4, 0.5) is 4.79 Å². The Morgan fingerprint density at radius 3 is 2.72 bits per heavy atom. The van der Waals surface area contributed by atoms with Crippen LogP contribution in [0.1, 0.15) is 33.1 Å². The number of carboxylic acids is 1. The molecule has 0 aromatic heterocycles. The minimum Gasteiger partial charge on any atom is -0.480 e. The molecule has 3 unspecified atom stereocenters. The Morgan fingerprint density at radius 1 is 1.39 bits per heavy atom. The third-order valence-corrected chi connectivity index (χ3v) is 4.07. The van der Waals surface area contributed by atoms with Crippen molar-refractivity contribution in [2.24, 2.45) is 17.8 Å². The van der Waals surface area contributed by atoms with Gasteiger partial charge in [0.05, 0.1) is 0 Å². The molecular formula is C13H22N2O3. The van der Waals surface area contributed by atoms with E-state index in [4.69, 9.17) is 0 Å². The number of amides is 2. The second kappa shape index (κ2) is 5.16. The van der Waals surface area contributed by atoms with E-state index < -0.39 is 12.0 Å². The number of urea groups is 1. The van der Waals surface area contributed by atoms with Crippen LogP contribution < -0.4 is 5.32 Å². The first-order valence-corrected chi connectivity index (χ1v) is 6.78. The topological polar surface area (TPSA) is 69.6 Å². The number of carbonyl (C=O) groups is 2. The van der Waals surface area contributed by atoms with Crippen LogP contribution in [0, 0.1) is 17.8 Å². The lowest BCUT2D eigenvalue weighted by atomic mass is 9.94. The number of nitrogens with zero attached hydrogens (tertiary/aromatic N) is 1. The van der Waals surface area contributed by atoms with E-state index in [9.17, 15) is 14.7 Å². The molecule has 2 aliphatic rings. The summed E-state index contributed by atoms with van der Waals surface area (Å²) < 4.78 is 0. The Hall–Kier alpha value is -1.26. The van der Waals surface area contributed by atoms with Crippen molar-refractivity contribution in [2.75, 3.05) is 13.1 Å².